The number of para-hydroxylation sites is 1. The van der Waals surface area contributed by atoms with E-state index >= 15 is 0 Å². The molecule has 0 fully saturated rings. The number of hydrazine groups is 1. The molecule has 6 heteroatoms. The third kappa shape index (κ3) is 2.97. The smallest absolute Gasteiger partial charge is 0.271 e. The van der Waals surface area contributed by atoms with Crippen molar-refractivity contribution >= 4 is 17.1 Å². The SMILES string of the molecule is COc1ccc([N+](=O)[O-])cc1NN(C)c1ccccc1. The number of anilines is 2. The van der Waals surface area contributed by atoms with Gasteiger partial charge in [-0.2, -0.15) is 0 Å². The van der Waals surface area contributed by atoms with Gasteiger partial charge in [-0.3, -0.25) is 20.5 Å². The maximum Gasteiger partial charge on any atom is 0.271 e. The zero-order valence-corrected chi connectivity index (χ0v) is 11.2. The van der Waals surface area contributed by atoms with Gasteiger partial charge in [-0.15, -0.1) is 0 Å². The van der Waals surface area contributed by atoms with E-state index in [2.05, 4.69) is 5.43 Å². The van der Waals surface area contributed by atoms with Crippen LogP contribution in [0.2, 0.25) is 0 Å². The Bertz CT molecular complexity index is 602. The van der Waals surface area contributed by atoms with Crippen LogP contribution >= 0.6 is 0 Å². The molecule has 0 saturated carbocycles. The Morgan fingerprint density at radius 1 is 1.20 bits per heavy atom. The quantitative estimate of drug-likeness (QED) is 0.669. The van der Waals surface area contributed by atoms with E-state index in [4.69, 9.17) is 4.74 Å². The molecular formula is C14H15N3O3. The molecule has 0 aliphatic carbocycles. The maximum absolute atomic E-state index is 10.8. The van der Waals surface area contributed by atoms with Crippen molar-refractivity contribution in [2.45, 2.75) is 0 Å². The first-order chi connectivity index (χ1) is 9.61. The van der Waals surface area contributed by atoms with Gasteiger partial charge in [-0.05, 0) is 18.2 Å². The zero-order valence-electron chi connectivity index (χ0n) is 11.2. The molecule has 6 nitrogen and oxygen atoms in total. The van der Waals surface area contributed by atoms with E-state index in [0.29, 0.717) is 11.4 Å². The van der Waals surface area contributed by atoms with Crippen LogP contribution in [0.1, 0.15) is 0 Å². The standard InChI is InChI=1S/C14H15N3O3/c1-16(11-6-4-3-5-7-11)15-13-10-12(17(18)19)8-9-14(13)20-2/h3-10,15H,1-2H3. The minimum Gasteiger partial charge on any atom is -0.495 e. The Balaban J connectivity index is 2.27. The highest BCUT2D eigenvalue weighted by Crippen LogP contribution is 2.29. The molecule has 0 unspecified atom stereocenters. The molecule has 0 amide bonds. The number of benzene rings is 2. The molecule has 0 saturated heterocycles. The van der Waals surface area contributed by atoms with Gasteiger partial charge in [0.15, 0.2) is 0 Å². The van der Waals surface area contributed by atoms with Gasteiger partial charge in [0.1, 0.15) is 11.4 Å². The number of nitrogens with one attached hydrogen (secondary N) is 1. The normalized spacial score (nSPS) is 9.90. The van der Waals surface area contributed by atoms with Gasteiger partial charge in [-0.25, -0.2) is 0 Å². The zero-order chi connectivity index (χ0) is 14.5. The molecule has 0 radical (unpaired) electrons. The largest absolute Gasteiger partial charge is 0.495 e. The number of rotatable bonds is 5. The second-order valence-electron chi connectivity index (χ2n) is 4.15. The number of non-ortho nitro benzene ring substituents is 1. The minimum absolute atomic E-state index is 0.00904. The van der Waals surface area contributed by atoms with Crippen molar-refractivity contribution in [2.24, 2.45) is 0 Å². The predicted molar refractivity (Wildman–Crippen MR) is 78.1 cm³/mol. The lowest BCUT2D eigenvalue weighted by molar-refractivity contribution is -0.384. The van der Waals surface area contributed by atoms with E-state index in [1.807, 2.05) is 37.4 Å². The first-order valence-electron chi connectivity index (χ1n) is 5.99. The summed E-state index contributed by atoms with van der Waals surface area (Å²) in [4.78, 5) is 10.4. The second-order valence-corrected chi connectivity index (χ2v) is 4.15. The van der Waals surface area contributed by atoms with E-state index in [0.717, 1.165) is 5.69 Å². The summed E-state index contributed by atoms with van der Waals surface area (Å²) in [5.41, 5.74) is 4.55. The predicted octanol–water partition coefficient (Wildman–Crippen LogP) is 3.07. The topological polar surface area (TPSA) is 67.6 Å². The van der Waals surface area contributed by atoms with Crippen molar-refractivity contribution in [3.05, 3.63) is 58.6 Å². The molecule has 0 atom stereocenters. The summed E-state index contributed by atoms with van der Waals surface area (Å²) in [5.74, 6) is 0.540. The van der Waals surface area contributed by atoms with Crippen LogP contribution in [0.4, 0.5) is 17.1 Å². The average molecular weight is 273 g/mol. The number of ether oxygens (including phenoxy) is 1. The van der Waals surface area contributed by atoms with Gasteiger partial charge in [-0.1, -0.05) is 18.2 Å². The summed E-state index contributed by atoms with van der Waals surface area (Å²) in [6.07, 6.45) is 0. The lowest BCUT2D eigenvalue weighted by Crippen LogP contribution is -2.24. The summed E-state index contributed by atoms with van der Waals surface area (Å²) in [6.45, 7) is 0. The fourth-order valence-electron chi connectivity index (χ4n) is 1.79. The monoisotopic (exact) mass is 273 g/mol. The van der Waals surface area contributed by atoms with Gasteiger partial charge in [0.25, 0.3) is 5.69 Å². The molecule has 0 heterocycles. The maximum atomic E-state index is 10.8. The molecule has 1 N–H and O–H groups in total. The Kier molecular flexibility index (Phi) is 4.05. The Morgan fingerprint density at radius 3 is 2.50 bits per heavy atom. The molecule has 0 aromatic heterocycles. The molecule has 2 rings (SSSR count). The molecule has 0 bridgehead atoms. The van der Waals surface area contributed by atoms with Crippen LogP contribution in [-0.2, 0) is 0 Å². The summed E-state index contributed by atoms with van der Waals surface area (Å²) < 4.78 is 5.21. The van der Waals surface area contributed by atoms with Crippen LogP contribution in [-0.4, -0.2) is 19.1 Å². The van der Waals surface area contributed by atoms with Crippen molar-refractivity contribution in [2.75, 3.05) is 24.6 Å². The molecule has 0 aliphatic rings. The van der Waals surface area contributed by atoms with E-state index in [1.54, 1.807) is 11.1 Å². The first-order valence-corrected chi connectivity index (χ1v) is 5.99. The number of nitrogens with zero attached hydrogens (tertiary/aromatic N) is 2. The van der Waals surface area contributed by atoms with Crippen molar-refractivity contribution in [1.82, 2.24) is 0 Å². The Hall–Kier alpha value is -2.76. The number of nitro groups is 1. The average Bonchev–Trinajstić information content (AvgIpc) is 2.48. The van der Waals surface area contributed by atoms with Crippen LogP contribution in [0.5, 0.6) is 5.75 Å². The summed E-state index contributed by atoms with van der Waals surface area (Å²) in [7, 11) is 3.35. The van der Waals surface area contributed by atoms with Gasteiger partial charge < -0.3 is 4.74 Å². The molecule has 20 heavy (non-hydrogen) atoms. The molecule has 0 spiro atoms. The van der Waals surface area contributed by atoms with Crippen molar-refractivity contribution in [3.63, 3.8) is 0 Å². The van der Waals surface area contributed by atoms with Crippen molar-refractivity contribution in [1.29, 1.82) is 0 Å². The van der Waals surface area contributed by atoms with Crippen LogP contribution in [0, 0.1) is 10.1 Å². The van der Waals surface area contributed by atoms with Gasteiger partial charge in [0.05, 0.1) is 17.7 Å². The lowest BCUT2D eigenvalue weighted by Gasteiger charge is -2.22. The highest BCUT2D eigenvalue weighted by atomic mass is 16.6. The summed E-state index contributed by atoms with van der Waals surface area (Å²) in [6, 6.07) is 14.0. The van der Waals surface area contributed by atoms with Crippen LogP contribution in [0.3, 0.4) is 0 Å². The number of hydrogen-bond donors (Lipinski definition) is 1. The third-order valence-corrected chi connectivity index (χ3v) is 2.83. The van der Waals surface area contributed by atoms with Crippen molar-refractivity contribution < 1.29 is 9.66 Å². The van der Waals surface area contributed by atoms with E-state index in [1.165, 1.54) is 19.2 Å². The van der Waals surface area contributed by atoms with Gasteiger partial charge in [0, 0.05) is 19.2 Å². The van der Waals surface area contributed by atoms with Gasteiger partial charge in [0.2, 0.25) is 0 Å². The molecule has 104 valence electrons. The van der Waals surface area contributed by atoms with Gasteiger partial charge >= 0.3 is 0 Å². The first kappa shape index (κ1) is 13.7. The summed E-state index contributed by atoms with van der Waals surface area (Å²) >= 11 is 0. The molecule has 0 aliphatic heterocycles. The van der Waals surface area contributed by atoms with E-state index in [-0.39, 0.29) is 5.69 Å². The third-order valence-electron chi connectivity index (χ3n) is 2.83. The molecule has 2 aromatic rings. The van der Waals surface area contributed by atoms with Crippen LogP contribution in [0.15, 0.2) is 48.5 Å². The Morgan fingerprint density at radius 2 is 1.90 bits per heavy atom. The second kappa shape index (κ2) is 5.92. The van der Waals surface area contributed by atoms with E-state index in [9.17, 15) is 10.1 Å². The van der Waals surface area contributed by atoms with E-state index < -0.39 is 4.92 Å². The minimum atomic E-state index is -0.437. The fraction of sp³-hybridized carbons (Fsp3) is 0.143. The van der Waals surface area contributed by atoms with Crippen LogP contribution < -0.4 is 15.2 Å². The van der Waals surface area contributed by atoms with Crippen LogP contribution in [0.25, 0.3) is 0 Å². The lowest BCUT2D eigenvalue weighted by atomic mass is 10.2. The Labute approximate surface area is 116 Å². The molecule has 2 aromatic carbocycles. The van der Waals surface area contributed by atoms with Crippen molar-refractivity contribution in [3.8, 4) is 5.75 Å². The number of methoxy groups -OCH3 is 1. The number of hydrogen-bond acceptors (Lipinski definition) is 5. The number of nitro benzene ring substituents is 1. The fourth-order valence-corrected chi connectivity index (χ4v) is 1.79. The highest BCUT2D eigenvalue weighted by molar-refractivity contribution is 5.65. The summed E-state index contributed by atoms with van der Waals surface area (Å²) in [5, 5.41) is 12.6. The molecular weight excluding hydrogens is 258 g/mol. The highest BCUT2D eigenvalue weighted by Gasteiger charge is 2.12.